The third-order valence-electron chi connectivity index (χ3n) is 4.58. The van der Waals surface area contributed by atoms with E-state index >= 15 is 0 Å². The molecule has 3 aromatic carbocycles. The van der Waals surface area contributed by atoms with E-state index in [9.17, 15) is 20.1 Å². The summed E-state index contributed by atoms with van der Waals surface area (Å²) in [5, 5.41) is 32.3. The van der Waals surface area contributed by atoms with Gasteiger partial charge in [0.1, 0.15) is 0 Å². The Bertz CT molecular complexity index is 1380. The van der Waals surface area contributed by atoms with E-state index < -0.39 is 5.97 Å². The van der Waals surface area contributed by atoms with E-state index in [0.29, 0.717) is 47.3 Å². The van der Waals surface area contributed by atoms with Gasteiger partial charge in [0, 0.05) is 16.1 Å². The third-order valence-corrected chi connectivity index (χ3v) is 8.74. The number of hydrogen-bond donors (Lipinski definition) is 3. The Labute approximate surface area is 239 Å². The zero-order chi connectivity index (χ0) is 22.8. The number of carboxylic acids is 1. The zero-order valence-electron chi connectivity index (χ0n) is 14.7. The molecule has 0 unspecified atom stereocenters. The van der Waals surface area contributed by atoms with Crippen molar-refractivity contribution in [3.8, 4) is 22.6 Å². The highest BCUT2D eigenvalue weighted by atomic mass is 127. The van der Waals surface area contributed by atoms with E-state index in [-0.39, 0.29) is 27.1 Å². The number of carbonyl (C=O) groups is 1. The number of rotatable bonds is 2. The van der Waals surface area contributed by atoms with Crippen LogP contribution in [0.2, 0.25) is 10.0 Å². The van der Waals surface area contributed by atoms with Crippen LogP contribution in [0.4, 0.5) is 0 Å². The Balaban J connectivity index is 2.38. The minimum Gasteiger partial charge on any atom is -0.505 e. The van der Waals surface area contributed by atoms with E-state index in [2.05, 4.69) is 0 Å². The van der Waals surface area contributed by atoms with Crippen LogP contribution in [0, 0.1) is 14.3 Å². The normalized spacial score (nSPS) is 11.4. The number of aromatic hydroxyl groups is 2. The van der Waals surface area contributed by atoms with Crippen molar-refractivity contribution in [1.82, 2.24) is 0 Å². The van der Waals surface area contributed by atoms with Gasteiger partial charge in [0.2, 0.25) is 0 Å². The van der Waals surface area contributed by atoms with Crippen LogP contribution in [0.3, 0.4) is 0 Å². The molecule has 0 aliphatic rings. The first kappa shape index (κ1) is 24.0. The number of aromatic carboxylic acids is 1. The van der Waals surface area contributed by atoms with Crippen molar-refractivity contribution in [3.63, 3.8) is 0 Å². The lowest BCUT2D eigenvalue weighted by Crippen LogP contribution is -2.02. The minimum absolute atomic E-state index is 0.00318. The van der Waals surface area contributed by atoms with Crippen molar-refractivity contribution in [2.45, 2.75) is 0 Å². The minimum atomic E-state index is -1.20. The molecule has 0 aliphatic carbocycles. The first-order valence-electron chi connectivity index (χ1n) is 8.23. The van der Waals surface area contributed by atoms with Gasteiger partial charge in [0.25, 0.3) is 0 Å². The summed E-state index contributed by atoms with van der Waals surface area (Å²) >= 11 is 20.5. The summed E-state index contributed by atoms with van der Waals surface area (Å²) in [6, 6.07) is 6.37. The third kappa shape index (κ3) is 4.04. The van der Waals surface area contributed by atoms with Gasteiger partial charge in [-0.2, -0.15) is 0 Å². The first-order valence-corrected chi connectivity index (χ1v) is 13.3. The summed E-state index contributed by atoms with van der Waals surface area (Å²) < 4.78 is 8.20. The molecule has 0 fully saturated rings. The molecule has 0 atom stereocenters. The second-order valence-electron chi connectivity index (χ2n) is 6.39. The molecule has 4 rings (SSSR count). The lowest BCUT2D eigenvalue weighted by Gasteiger charge is -2.13. The Kier molecular flexibility index (Phi) is 6.92. The summed E-state index contributed by atoms with van der Waals surface area (Å²) in [7, 11) is 0. The largest absolute Gasteiger partial charge is 0.505 e. The smallest absolute Gasteiger partial charge is 0.378 e. The van der Waals surface area contributed by atoms with Crippen LogP contribution in [0.1, 0.15) is 10.4 Å². The van der Waals surface area contributed by atoms with Crippen LogP contribution in [0.25, 0.3) is 33.1 Å². The maximum atomic E-state index is 12.1. The van der Waals surface area contributed by atoms with Gasteiger partial charge in [-0.25, -0.2) is 9.21 Å². The van der Waals surface area contributed by atoms with Gasteiger partial charge in [0.05, 0.1) is 28.5 Å². The van der Waals surface area contributed by atoms with Crippen molar-refractivity contribution in [1.29, 1.82) is 0 Å². The molecule has 3 N–H and O–H groups in total. The van der Waals surface area contributed by atoms with Gasteiger partial charge in [-0.05, 0) is 115 Å². The van der Waals surface area contributed by atoms with Crippen LogP contribution < -0.4 is 0 Å². The number of halogens is 6. The maximum Gasteiger partial charge on any atom is 0.378 e. The van der Waals surface area contributed by atoms with Crippen LogP contribution in [-0.2, 0) is 0 Å². The quantitative estimate of drug-likeness (QED) is 0.107. The van der Waals surface area contributed by atoms with E-state index in [1.807, 2.05) is 90.4 Å². The standard InChI is InChI=1S/C20H6Cl2I4O5/c21-5-1-6(13(20(29)30)9(22)2-5)12-7-3-10(23)16(27)14(25)18(7)31-19-8(12)4-11(24)17(28)15(19)26/h1-4H,(H2-,27,28,29,30)/p+1. The van der Waals surface area contributed by atoms with Crippen molar-refractivity contribution in [3.05, 3.63) is 54.2 Å². The van der Waals surface area contributed by atoms with Gasteiger partial charge in [0.15, 0.2) is 18.6 Å². The summed E-state index contributed by atoms with van der Waals surface area (Å²) in [5.41, 5.74) is 1.45. The second kappa shape index (κ2) is 8.92. The molecule has 0 radical (unpaired) electrons. The van der Waals surface area contributed by atoms with Gasteiger partial charge < -0.3 is 15.3 Å². The first-order chi connectivity index (χ1) is 14.5. The lowest BCUT2D eigenvalue weighted by atomic mass is 9.93. The fraction of sp³-hybridized carbons (Fsp3) is 0. The summed E-state index contributed by atoms with van der Waals surface area (Å²) in [5.74, 6) is -1.10. The van der Waals surface area contributed by atoms with Crippen LogP contribution in [0.15, 0.2) is 28.7 Å². The molecule has 1 aromatic heterocycles. The fourth-order valence-corrected chi connectivity index (χ4v) is 7.43. The molecule has 0 amide bonds. The summed E-state index contributed by atoms with van der Waals surface area (Å²) in [4.78, 5) is 12.1. The van der Waals surface area contributed by atoms with Gasteiger partial charge in [-0.3, -0.25) is 0 Å². The fourth-order valence-electron chi connectivity index (χ4n) is 3.28. The summed E-state index contributed by atoms with van der Waals surface area (Å²) in [6.07, 6.45) is 0. The Morgan fingerprint density at radius 1 is 0.839 bits per heavy atom. The van der Waals surface area contributed by atoms with E-state index in [1.165, 1.54) is 6.07 Å². The average molecular weight is 906 g/mol. The van der Waals surface area contributed by atoms with Crippen LogP contribution >= 0.6 is 114 Å². The van der Waals surface area contributed by atoms with Gasteiger partial charge in [-0.1, -0.05) is 23.2 Å². The molecule has 0 spiro atoms. The number of hydrogen-bond acceptors (Lipinski definition) is 3. The van der Waals surface area contributed by atoms with Crippen LogP contribution in [0.5, 0.6) is 11.5 Å². The zero-order valence-corrected chi connectivity index (χ0v) is 24.9. The van der Waals surface area contributed by atoms with Crippen molar-refractivity contribution in [2.24, 2.45) is 0 Å². The molecular weight excluding hydrogens is 899 g/mol. The van der Waals surface area contributed by atoms with Crippen molar-refractivity contribution in [2.75, 3.05) is 0 Å². The molecule has 158 valence electrons. The number of benzene rings is 3. The Hall–Kier alpha value is -0.100. The van der Waals surface area contributed by atoms with E-state index in [1.54, 1.807) is 18.2 Å². The highest BCUT2D eigenvalue weighted by Gasteiger charge is 2.31. The highest BCUT2D eigenvalue weighted by Crippen LogP contribution is 2.47. The number of carboxylic acid groups (broad SMARTS) is 1. The van der Waals surface area contributed by atoms with Crippen molar-refractivity contribution >= 4 is 141 Å². The monoisotopic (exact) mass is 905 g/mol. The SMILES string of the molecule is O=C(O)c1c(Cl)cc(Cl)cc1-c1c2cc(I)c(O)c(I)c2[o+]c2c(I)c(O)c(I)cc12. The molecule has 4 aromatic rings. The number of phenols is 2. The van der Waals surface area contributed by atoms with Crippen LogP contribution in [-0.4, -0.2) is 21.3 Å². The molecule has 31 heavy (non-hydrogen) atoms. The van der Waals surface area contributed by atoms with E-state index in [0.717, 1.165) is 0 Å². The van der Waals surface area contributed by atoms with Gasteiger partial charge in [-0.15, -0.1) is 0 Å². The van der Waals surface area contributed by atoms with E-state index in [4.69, 9.17) is 27.6 Å². The average Bonchev–Trinajstić information content (AvgIpc) is 2.68. The molecule has 0 saturated carbocycles. The molecule has 5 nitrogen and oxygen atoms in total. The Morgan fingerprint density at radius 3 is 1.77 bits per heavy atom. The Morgan fingerprint density at radius 2 is 1.32 bits per heavy atom. The molecule has 11 heteroatoms. The molecule has 1 heterocycles. The summed E-state index contributed by atoms with van der Waals surface area (Å²) in [6.45, 7) is 0. The molecule has 0 aliphatic heterocycles. The highest BCUT2D eigenvalue weighted by molar-refractivity contribution is 14.1. The molecule has 0 bridgehead atoms. The molecule has 0 saturated heterocycles. The number of phenolic OH excluding ortho intramolecular Hbond substituents is 2. The second-order valence-corrected chi connectivity index (χ2v) is 11.7. The van der Waals surface area contributed by atoms with Crippen molar-refractivity contribution < 1.29 is 24.5 Å². The number of fused-ring (bicyclic) bond motifs is 2. The lowest BCUT2D eigenvalue weighted by molar-refractivity contribution is 0.0698. The van der Waals surface area contributed by atoms with Gasteiger partial charge >= 0.3 is 17.1 Å². The topological polar surface area (TPSA) is 89.1 Å². The predicted molar refractivity (Wildman–Crippen MR) is 155 cm³/mol. The predicted octanol–water partition coefficient (Wildman–Crippen LogP) is 8.37. The maximum absolute atomic E-state index is 12.1. The molecular formula is C20H7Cl2I4O5+.